The maximum Gasteiger partial charge on any atom is 0.434 e. The van der Waals surface area contributed by atoms with Crippen LogP contribution in [0.1, 0.15) is 5.69 Å². The van der Waals surface area contributed by atoms with Crippen molar-refractivity contribution in [1.82, 2.24) is 14.6 Å². The van der Waals surface area contributed by atoms with E-state index >= 15 is 0 Å². The first-order valence-corrected chi connectivity index (χ1v) is 8.49. The van der Waals surface area contributed by atoms with Crippen molar-refractivity contribution in [2.45, 2.75) is 11.1 Å². The Morgan fingerprint density at radius 2 is 2.17 bits per heavy atom. The first kappa shape index (κ1) is 19.4. The lowest BCUT2D eigenvalue weighted by Crippen LogP contribution is -2.38. The van der Waals surface area contributed by atoms with Crippen molar-refractivity contribution in [1.29, 1.82) is 0 Å². The van der Waals surface area contributed by atoms with Crippen LogP contribution in [0.25, 0.3) is 0 Å². The van der Waals surface area contributed by atoms with Crippen molar-refractivity contribution < 1.29 is 26.7 Å². The molecule has 0 aromatic carbocycles. The zero-order valence-electron chi connectivity index (χ0n) is 12.5. The van der Waals surface area contributed by atoms with Gasteiger partial charge in [-0.15, -0.1) is 12.4 Å². The fraction of sp³-hybridized carbons (Fsp3) is 0.615. The molecule has 0 amide bonds. The molecule has 3 heterocycles. The third-order valence-corrected chi connectivity index (χ3v) is 6.46. The number of aliphatic hydroxyl groups is 1. The minimum atomic E-state index is -4.85. The number of aliphatic hydroxyl groups excluding tert-OH is 1. The summed E-state index contributed by atoms with van der Waals surface area (Å²) < 4.78 is 65.5. The number of fused-ring (bicyclic) bond motifs is 1. The number of pyridine rings is 1. The summed E-state index contributed by atoms with van der Waals surface area (Å²) in [5.74, 6) is -0.117. The number of hydrogen-bond donors (Lipinski definition) is 2. The number of nitrogens with one attached hydrogen (secondary N) is 1. The van der Waals surface area contributed by atoms with Crippen molar-refractivity contribution in [3.8, 4) is 0 Å². The van der Waals surface area contributed by atoms with Gasteiger partial charge >= 0.3 is 6.18 Å². The maximum atomic E-state index is 13.0. The number of sulfonamides is 1. The Hall–Kier alpha value is -0.940. The van der Waals surface area contributed by atoms with E-state index in [1.807, 2.05) is 0 Å². The predicted octanol–water partition coefficient (Wildman–Crippen LogP) is 0.725. The van der Waals surface area contributed by atoms with Gasteiger partial charge in [0.05, 0.1) is 6.61 Å². The third kappa shape index (κ3) is 3.01. The van der Waals surface area contributed by atoms with Crippen LogP contribution in [0.4, 0.5) is 13.2 Å². The molecule has 6 nitrogen and oxygen atoms in total. The van der Waals surface area contributed by atoms with E-state index in [0.29, 0.717) is 13.1 Å². The standard InChI is InChI=1S/C13H16F3N3O3S.ClH/c14-13(15,16)11-10(2-1-3-18-11)23(21,22)19-5-9-4-17-6-12(9,7-19)8-20;/h1-3,9,17,20H,4-8H2;1H. The minimum absolute atomic E-state index is 0. The van der Waals surface area contributed by atoms with E-state index in [-0.39, 0.29) is 38.0 Å². The van der Waals surface area contributed by atoms with Gasteiger partial charge in [0, 0.05) is 31.2 Å². The predicted molar refractivity (Wildman–Crippen MR) is 81.1 cm³/mol. The molecule has 2 atom stereocenters. The van der Waals surface area contributed by atoms with Crippen LogP contribution in [0.2, 0.25) is 0 Å². The van der Waals surface area contributed by atoms with E-state index in [1.54, 1.807) is 0 Å². The smallest absolute Gasteiger partial charge is 0.396 e. The molecule has 0 spiro atoms. The van der Waals surface area contributed by atoms with Gasteiger partial charge in [-0.25, -0.2) is 8.42 Å². The average molecular weight is 388 g/mol. The summed E-state index contributed by atoms with van der Waals surface area (Å²) in [6.45, 7) is 0.846. The Kier molecular flexibility index (Phi) is 5.18. The number of rotatable bonds is 3. The first-order chi connectivity index (χ1) is 10.7. The molecular weight excluding hydrogens is 371 g/mol. The van der Waals surface area contributed by atoms with Gasteiger partial charge < -0.3 is 10.4 Å². The summed E-state index contributed by atoms with van der Waals surface area (Å²) in [7, 11) is -4.33. The van der Waals surface area contributed by atoms with Gasteiger partial charge in [-0.2, -0.15) is 17.5 Å². The fourth-order valence-electron chi connectivity index (χ4n) is 3.33. The van der Waals surface area contributed by atoms with Crippen molar-refractivity contribution in [3.05, 3.63) is 24.0 Å². The second kappa shape index (κ2) is 6.41. The van der Waals surface area contributed by atoms with Gasteiger partial charge in [0.1, 0.15) is 4.90 Å². The first-order valence-electron chi connectivity index (χ1n) is 7.05. The number of hydrogen-bond acceptors (Lipinski definition) is 5. The lowest BCUT2D eigenvalue weighted by Gasteiger charge is -2.25. The molecule has 2 aliphatic rings. The Labute approximate surface area is 143 Å². The van der Waals surface area contributed by atoms with Gasteiger partial charge in [-0.1, -0.05) is 0 Å². The van der Waals surface area contributed by atoms with E-state index < -0.39 is 32.2 Å². The van der Waals surface area contributed by atoms with Gasteiger partial charge in [-0.05, 0) is 24.6 Å². The second-order valence-electron chi connectivity index (χ2n) is 5.99. The van der Waals surface area contributed by atoms with E-state index in [2.05, 4.69) is 10.3 Å². The molecule has 2 saturated heterocycles. The van der Waals surface area contributed by atoms with Crippen molar-refractivity contribution in [2.75, 3.05) is 32.8 Å². The van der Waals surface area contributed by atoms with E-state index in [4.69, 9.17) is 0 Å². The van der Waals surface area contributed by atoms with Crippen LogP contribution in [0.15, 0.2) is 23.2 Å². The number of halogens is 4. The number of alkyl halides is 3. The Morgan fingerprint density at radius 3 is 2.75 bits per heavy atom. The lowest BCUT2D eigenvalue weighted by atomic mass is 9.82. The van der Waals surface area contributed by atoms with Gasteiger partial charge in [-0.3, -0.25) is 4.98 Å². The summed E-state index contributed by atoms with van der Waals surface area (Å²) in [5.41, 5.74) is -2.04. The summed E-state index contributed by atoms with van der Waals surface area (Å²) in [4.78, 5) is 2.37. The Bertz CT molecular complexity index is 716. The monoisotopic (exact) mass is 387 g/mol. The summed E-state index contributed by atoms with van der Waals surface area (Å²) in [6, 6.07) is 2.09. The van der Waals surface area contributed by atoms with Crippen LogP contribution in [0.3, 0.4) is 0 Å². The van der Waals surface area contributed by atoms with Crippen LogP contribution in [0, 0.1) is 11.3 Å². The van der Waals surface area contributed by atoms with Crippen LogP contribution < -0.4 is 5.32 Å². The van der Waals surface area contributed by atoms with Crippen LogP contribution in [0.5, 0.6) is 0 Å². The van der Waals surface area contributed by atoms with Crippen molar-refractivity contribution in [2.24, 2.45) is 11.3 Å². The molecule has 1 aromatic heterocycles. The minimum Gasteiger partial charge on any atom is -0.396 e. The van der Waals surface area contributed by atoms with E-state index in [0.717, 1.165) is 16.6 Å². The van der Waals surface area contributed by atoms with Crippen molar-refractivity contribution >= 4 is 22.4 Å². The fourth-order valence-corrected chi connectivity index (χ4v) is 5.07. The average Bonchev–Trinajstić information content (AvgIpc) is 3.04. The molecule has 136 valence electrons. The van der Waals surface area contributed by atoms with Crippen molar-refractivity contribution in [3.63, 3.8) is 0 Å². The van der Waals surface area contributed by atoms with Gasteiger partial charge in [0.15, 0.2) is 5.69 Å². The molecule has 2 aliphatic heterocycles. The molecule has 1 aromatic rings. The van der Waals surface area contributed by atoms with Crippen LogP contribution >= 0.6 is 12.4 Å². The molecule has 2 unspecified atom stereocenters. The molecule has 24 heavy (non-hydrogen) atoms. The normalized spacial score (nSPS) is 27.8. The largest absolute Gasteiger partial charge is 0.434 e. The maximum absolute atomic E-state index is 13.0. The molecule has 0 radical (unpaired) electrons. The molecule has 3 rings (SSSR count). The molecule has 11 heteroatoms. The zero-order valence-corrected chi connectivity index (χ0v) is 14.1. The summed E-state index contributed by atoms with van der Waals surface area (Å²) in [5, 5.41) is 12.7. The molecule has 0 bridgehead atoms. The Balaban J connectivity index is 0.00000208. The molecular formula is C13H17ClF3N3O3S. The van der Waals surface area contributed by atoms with Crippen LogP contribution in [-0.2, 0) is 16.2 Å². The summed E-state index contributed by atoms with van der Waals surface area (Å²) >= 11 is 0. The molecule has 0 saturated carbocycles. The lowest BCUT2D eigenvalue weighted by molar-refractivity contribution is -0.143. The highest BCUT2D eigenvalue weighted by atomic mass is 35.5. The zero-order chi connectivity index (χ0) is 16.9. The SMILES string of the molecule is Cl.O=S(=O)(c1cccnc1C(F)(F)F)N1CC2CNCC2(CO)C1. The second-order valence-corrected chi connectivity index (χ2v) is 7.90. The summed E-state index contributed by atoms with van der Waals surface area (Å²) in [6.07, 6.45) is -3.94. The van der Waals surface area contributed by atoms with Gasteiger partial charge in [0.25, 0.3) is 0 Å². The van der Waals surface area contributed by atoms with E-state index in [9.17, 15) is 26.7 Å². The van der Waals surface area contributed by atoms with E-state index in [1.165, 1.54) is 6.07 Å². The number of nitrogens with zero attached hydrogens (tertiary/aromatic N) is 2. The van der Waals surface area contributed by atoms with Gasteiger partial charge in [0.2, 0.25) is 10.0 Å². The topological polar surface area (TPSA) is 82.5 Å². The molecule has 0 aliphatic carbocycles. The van der Waals surface area contributed by atoms with Crippen LogP contribution in [-0.4, -0.2) is 55.6 Å². The Morgan fingerprint density at radius 1 is 1.46 bits per heavy atom. The molecule has 2 N–H and O–H groups in total. The highest BCUT2D eigenvalue weighted by Gasteiger charge is 2.53. The molecule has 2 fully saturated rings. The highest BCUT2D eigenvalue weighted by molar-refractivity contribution is 7.89. The quantitative estimate of drug-likeness (QED) is 0.798. The highest BCUT2D eigenvalue weighted by Crippen LogP contribution is 2.42. The third-order valence-electron chi connectivity index (χ3n) is 4.62. The number of aromatic nitrogens is 1.